The summed E-state index contributed by atoms with van der Waals surface area (Å²) in [5.74, 6) is 1.00. The fraction of sp³-hybridized carbons (Fsp3) is 1.00. The molecule has 0 aliphatic carbocycles. The molecule has 90 valence electrons. The van der Waals surface area contributed by atoms with Gasteiger partial charge in [-0.1, -0.05) is 20.3 Å². The summed E-state index contributed by atoms with van der Waals surface area (Å²) in [5.41, 5.74) is 0. The summed E-state index contributed by atoms with van der Waals surface area (Å²) >= 11 is 0. The molecule has 1 fully saturated rings. The van der Waals surface area contributed by atoms with Crippen LogP contribution in [-0.2, 0) is 0 Å². The molecule has 1 atom stereocenters. The Balaban J connectivity index is 2.08. The molecule has 2 nitrogen and oxygen atoms in total. The molecular formula is C13H28N2. The van der Waals surface area contributed by atoms with Crippen LogP contribution >= 0.6 is 0 Å². The second kappa shape index (κ2) is 8.12. The smallest absolute Gasteiger partial charge is 0.000664 e. The molecule has 1 rings (SSSR count). The fourth-order valence-corrected chi connectivity index (χ4v) is 2.46. The highest BCUT2D eigenvalue weighted by molar-refractivity contribution is 4.69. The summed E-state index contributed by atoms with van der Waals surface area (Å²) in [6.45, 7) is 10.8. The fourth-order valence-electron chi connectivity index (χ4n) is 2.46. The molecule has 0 spiro atoms. The van der Waals surface area contributed by atoms with Gasteiger partial charge in [0.05, 0.1) is 0 Å². The Hall–Kier alpha value is -0.0800. The first kappa shape index (κ1) is 13.0. The third-order valence-corrected chi connectivity index (χ3v) is 3.60. The minimum Gasteiger partial charge on any atom is -0.317 e. The molecule has 1 aliphatic rings. The van der Waals surface area contributed by atoms with Crippen LogP contribution in [0.3, 0.4) is 0 Å². The summed E-state index contributed by atoms with van der Waals surface area (Å²) < 4.78 is 0. The Morgan fingerprint density at radius 3 is 2.80 bits per heavy atom. The molecule has 1 heterocycles. The maximum atomic E-state index is 3.40. The number of nitrogens with one attached hydrogen (secondary N) is 1. The van der Waals surface area contributed by atoms with E-state index in [2.05, 4.69) is 24.1 Å². The van der Waals surface area contributed by atoms with Gasteiger partial charge < -0.3 is 10.2 Å². The number of nitrogens with zero attached hydrogens (tertiary/aromatic N) is 1. The van der Waals surface area contributed by atoms with E-state index in [1.807, 2.05) is 0 Å². The third-order valence-electron chi connectivity index (χ3n) is 3.60. The van der Waals surface area contributed by atoms with Crippen molar-refractivity contribution in [3.05, 3.63) is 0 Å². The summed E-state index contributed by atoms with van der Waals surface area (Å²) in [5, 5.41) is 3.40. The standard InChI is InChI=1S/C13H28N2/c1-3-13-7-5-10-15(12-8-13)11-6-9-14-4-2/h13-14H,3-12H2,1-2H3. The van der Waals surface area contributed by atoms with Crippen LogP contribution in [0.25, 0.3) is 0 Å². The van der Waals surface area contributed by atoms with Gasteiger partial charge in [-0.15, -0.1) is 0 Å². The lowest BCUT2D eigenvalue weighted by Gasteiger charge is -2.19. The van der Waals surface area contributed by atoms with Crippen molar-refractivity contribution in [1.29, 1.82) is 0 Å². The van der Waals surface area contributed by atoms with E-state index in [9.17, 15) is 0 Å². The van der Waals surface area contributed by atoms with Gasteiger partial charge in [0.1, 0.15) is 0 Å². The van der Waals surface area contributed by atoms with E-state index in [0.717, 1.165) is 12.5 Å². The van der Waals surface area contributed by atoms with E-state index in [1.54, 1.807) is 0 Å². The second-order valence-corrected chi connectivity index (χ2v) is 4.75. The molecule has 0 bridgehead atoms. The molecule has 0 amide bonds. The lowest BCUT2D eigenvalue weighted by molar-refractivity contribution is 0.275. The molecule has 15 heavy (non-hydrogen) atoms. The Labute approximate surface area is 95.4 Å². The first-order valence-corrected chi connectivity index (χ1v) is 6.79. The highest BCUT2D eigenvalue weighted by atomic mass is 15.1. The minimum absolute atomic E-state index is 1.00. The molecule has 1 aliphatic heterocycles. The van der Waals surface area contributed by atoms with Gasteiger partial charge in [0.25, 0.3) is 0 Å². The Bertz CT molecular complexity index is 147. The number of hydrogen-bond acceptors (Lipinski definition) is 2. The predicted molar refractivity (Wildman–Crippen MR) is 67.2 cm³/mol. The van der Waals surface area contributed by atoms with Crippen LogP contribution in [0.4, 0.5) is 0 Å². The third kappa shape index (κ3) is 5.53. The van der Waals surface area contributed by atoms with Crippen molar-refractivity contribution in [3.63, 3.8) is 0 Å². The molecular weight excluding hydrogens is 184 g/mol. The molecule has 0 aromatic heterocycles. The monoisotopic (exact) mass is 212 g/mol. The SMILES string of the molecule is CCNCCCN1CCCC(CC)CC1. The average molecular weight is 212 g/mol. The zero-order chi connectivity index (χ0) is 10.9. The van der Waals surface area contributed by atoms with Crippen molar-refractivity contribution >= 4 is 0 Å². The number of likely N-dealkylation sites (tertiary alicyclic amines) is 1. The van der Waals surface area contributed by atoms with Gasteiger partial charge in [0, 0.05) is 0 Å². The van der Waals surface area contributed by atoms with Crippen molar-refractivity contribution in [2.75, 3.05) is 32.7 Å². The number of hydrogen-bond donors (Lipinski definition) is 1. The Morgan fingerprint density at radius 1 is 1.20 bits per heavy atom. The molecule has 2 heteroatoms. The molecule has 0 aromatic rings. The molecule has 1 N–H and O–H groups in total. The second-order valence-electron chi connectivity index (χ2n) is 4.75. The normalized spacial score (nSPS) is 24.0. The first-order valence-electron chi connectivity index (χ1n) is 6.79. The molecule has 0 radical (unpaired) electrons. The van der Waals surface area contributed by atoms with Gasteiger partial charge >= 0.3 is 0 Å². The van der Waals surface area contributed by atoms with Gasteiger partial charge in [0.15, 0.2) is 0 Å². The molecule has 1 unspecified atom stereocenters. The van der Waals surface area contributed by atoms with Crippen LogP contribution in [0.2, 0.25) is 0 Å². The largest absolute Gasteiger partial charge is 0.317 e. The van der Waals surface area contributed by atoms with Gasteiger partial charge in [-0.3, -0.25) is 0 Å². The molecule has 1 saturated heterocycles. The summed E-state index contributed by atoms with van der Waals surface area (Å²) in [7, 11) is 0. The van der Waals surface area contributed by atoms with Crippen molar-refractivity contribution < 1.29 is 0 Å². The van der Waals surface area contributed by atoms with Crippen molar-refractivity contribution in [1.82, 2.24) is 10.2 Å². The zero-order valence-corrected chi connectivity index (χ0v) is 10.6. The predicted octanol–water partition coefficient (Wildman–Crippen LogP) is 2.50. The van der Waals surface area contributed by atoms with Crippen LogP contribution in [0.1, 0.15) is 46.0 Å². The van der Waals surface area contributed by atoms with Gasteiger partial charge in [-0.05, 0) is 64.3 Å². The topological polar surface area (TPSA) is 15.3 Å². The van der Waals surface area contributed by atoms with Crippen LogP contribution in [-0.4, -0.2) is 37.6 Å². The van der Waals surface area contributed by atoms with Crippen molar-refractivity contribution in [3.8, 4) is 0 Å². The highest BCUT2D eigenvalue weighted by Gasteiger charge is 2.14. The molecule has 0 aromatic carbocycles. The lowest BCUT2D eigenvalue weighted by atomic mass is 9.98. The molecule has 0 saturated carbocycles. The van der Waals surface area contributed by atoms with E-state index in [-0.39, 0.29) is 0 Å². The summed E-state index contributed by atoms with van der Waals surface area (Å²) in [6.07, 6.45) is 6.99. The van der Waals surface area contributed by atoms with Crippen molar-refractivity contribution in [2.24, 2.45) is 5.92 Å². The zero-order valence-electron chi connectivity index (χ0n) is 10.6. The summed E-state index contributed by atoms with van der Waals surface area (Å²) in [6, 6.07) is 0. The Kier molecular flexibility index (Phi) is 7.03. The van der Waals surface area contributed by atoms with Crippen LogP contribution in [0.5, 0.6) is 0 Å². The van der Waals surface area contributed by atoms with Gasteiger partial charge in [-0.25, -0.2) is 0 Å². The Morgan fingerprint density at radius 2 is 2.07 bits per heavy atom. The van der Waals surface area contributed by atoms with E-state index in [1.165, 1.54) is 58.3 Å². The van der Waals surface area contributed by atoms with Crippen LogP contribution in [0, 0.1) is 5.92 Å². The maximum Gasteiger partial charge on any atom is -0.000664 e. The number of rotatable bonds is 6. The quantitative estimate of drug-likeness (QED) is 0.681. The van der Waals surface area contributed by atoms with E-state index in [0.29, 0.717) is 0 Å². The first-order chi connectivity index (χ1) is 7.36. The summed E-state index contributed by atoms with van der Waals surface area (Å²) in [4.78, 5) is 2.66. The van der Waals surface area contributed by atoms with Gasteiger partial charge in [-0.2, -0.15) is 0 Å². The van der Waals surface area contributed by atoms with Crippen LogP contribution < -0.4 is 5.32 Å². The van der Waals surface area contributed by atoms with E-state index in [4.69, 9.17) is 0 Å². The minimum atomic E-state index is 1.00. The average Bonchev–Trinajstić information content (AvgIpc) is 2.49. The van der Waals surface area contributed by atoms with E-state index < -0.39 is 0 Å². The highest BCUT2D eigenvalue weighted by Crippen LogP contribution is 2.19. The van der Waals surface area contributed by atoms with Crippen molar-refractivity contribution in [2.45, 2.75) is 46.0 Å². The van der Waals surface area contributed by atoms with Crippen LogP contribution in [0.15, 0.2) is 0 Å². The van der Waals surface area contributed by atoms with E-state index >= 15 is 0 Å². The lowest BCUT2D eigenvalue weighted by Crippen LogP contribution is -2.28. The van der Waals surface area contributed by atoms with Gasteiger partial charge in [0.2, 0.25) is 0 Å². The maximum absolute atomic E-state index is 3.40.